The van der Waals surface area contributed by atoms with Crippen LogP contribution in [0.15, 0.2) is 0 Å². The summed E-state index contributed by atoms with van der Waals surface area (Å²) in [5.74, 6) is 2.13. The molecule has 20 heavy (non-hydrogen) atoms. The third kappa shape index (κ3) is 4.55. The van der Waals surface area contributed by atoms with Gasteiger partial charge in [-0.25, -0.2) is 9.97 Å². The maximum atomic E-state index is 5.56. The van der Waals surface area contributed by atoms with Crippen molar-refractivity contribution in [2.24, 2.45) is 0 Å². The zero-order chi connectivity index (χ0) is 15.1. The second-order valence-electron chi connectivity index (χ2n) is 5.22. The molecular weight excluding hydrogens is 365 g/mol. The number of hydrogen-bond acceptors (Lipinski definition) is 4. The fourth-order valence-electron chi connectivity index (χ4n) is 1.98. The Morgan fingerprint density at radius 1 is 1.20 bits per heavy atom. The maximum Gasteiger partial charge on any atom is 0.159 e. The molecule has 0 fully saturated rings. The number of hydrogen-bond donors (Lipinski definition) is 1. The van der Waals surface area contributed by atoms with E-state index in [1.807, 2.05) is 0 Å². The van der Waals surface area contributed by atoms with Gasteiger partial charge in [0, 0.05) is 13.7 Å². The molecule has 0 aliphatic heterocycles. The predicted molar refractivity (Wildman–Crippen MR) is 92.3 cm³/mol. The van der Waals surface area contributed by atoms with E-state index in [0.717, 1.165) is 46.7 Å². The van der Waals surface area contributed by atoms with E-state index in [0.29, 0.717) is 5.92 Å². The van der Waals surface area contributed by atoms with E-state index in [-0.39, 0.29) is 6.10 Å². The van der Waals surface area contributed by atoms with E-state index in [2.05, 4.69) is 60.6 Å². The van der Waals surface area contributed by atoms with Gasteiger partial charge in [-0.3, -0.25) is 0 Å². The van der Waals surface area contributed by atoms with Crippen molar-refractivity contribution in [1.29, 1.82) is 0 Å². The highest BCUT2D eigenvalue weighted by molar-refractivity contribution is 14.1. The van der Waals surface area contributed by atoms with Crippen LogP contribution in [0, 0.1) is 3.57 Å². The second-order valence-corrected chi connectivity index (χ2v) is 6.30. The predicted octanol–water partition coefficient (Wildman–Crippen LogP) is 4.51. The van der Waals surface area contributed by atoms with Gasteiger partial charge in [0.15, 0.2) is 5.82 Å². The molecule has 1 N–H and O–H groups in total. The number of nitrogens with zero attached hydrogens (tertiary/aromatic N) is 2. The maximum absolute atomic E-state index is 5.56. The lowest BCUT2D eigenvalue weighted by molar-refractivity contribution is 0.0874. The normalized spacial score (nSPS) is 12.8. The molecule has 114 valence electrons. The summed E-state index contributed by atoms with van der Waals surface area (Å²) in [5.41, 5.74) is 1.10. The van der Waals surface area contributed by atoms with Crippen molar-refractivity contribution in [2.75, 3.05) is 19.0 Å². The summed E-state index contributed by atoms with van der Waals surface area (Å²) in [6.45, 7) is 9.56. The number of rotatable bonds is 8. The van der Waals surface area contributed by atoms with Crippen LogP contribution in [0.4, 0.5) is 5.82 Å². The Morgan fingerprint density at radius 3 is 2.40 bits per heavy atom. The van der Waals surface area contributed by atoms with Crippen molar-refractivity contribution in [2.45, 2.75) is 59.0 Å². The molecule has 0 bridgehead atoms. The van der Waals surface area contributed by atoms with Crippen molar-refractivity contribution in [3.05, 3.63) is 15.1 Å². The van der Waals surface area contributed by atoms with E-state index < -0.39 is 0 Å². The number of methoxy groups -OCH3 is 1. The molecular formula is C15H26IN3O. The number of anilines is 1. The average molecular weight is 391 g/mol. The molecule has 1 rings (SSSR count). The molecule has 0 radical (unpaired) electrons. The lowest BCUT2D eigenvalue weighted by Gasteiger charge is -2.19. The van der Waals surface area contributed by atoms with E-state index in [1.165, 1.54) is 0 Å². The van der Waals surface area contributed by atoms with Crippen LogP contribution in [-0.2, 0) is 4.74 Å². The van der Waals surface area contributed by atoms with Gasteiger partial charge in [0.2, 0.25) is 0 Å². The van der Waals surface area contributed by atoms with Crippen LogP contribution in [0.5, 0.6) is 0 Å². The minimum atomic E-state index is -0.0170. The minimum absolute atomic E-state index is 0.0170. The van der Waals surface area contributed by atoms with Gasteiger partial charge in [-0.05, 0) is 41.4 Å². The van der Waals surface area contributed by atoms with Crippen molar-refractivity contribution in [1.82, 2.24) is 9.97 Å². The Balaban J connectivity index is 3.20. The molecule has 4 nitrogen and oxygen atoms in total. The molecule has 1 aromatic heterocycles. The topological polar surface area (TPSA) is 47.0 Å². The van der Waals surface area contributed by atoms with Gasteiger partial charge in [0.1, 0.15) is 11.9 Å². The molecule has 0 spiro atoms. The first-order valence-electron chi connectivity index (χ1n) is 7.39. The van der Waals surface area contributed by atoms with Crippen LogP contribution >= 0.6 is 22.6 Å². The molecule has 0 aliphatic rings. The molecule has 0 saturated heterocycles. The van der Waals surface area contributed by atoms with Crippen LogP contribution in [0.1, 0.15) is 70.5 Å². The largest absolute Gasteiger partial charge is 0.373 e. The highest BCUT2D eigenvalue weighted by Crippen LogP contribution is 2.28. The minimum Gasteiger partial charge on any atom is -0.373 e. The first kappa shape index (κ1) is 17.6. The van der Waals surface area contributed by atoms with Crippen LogP contribution in [0.25, 0.3) is 0 Å². The fraction of sp³-hybridized carbons (Fsp3) is 0.733. The quantitative estimate of drug-likeness (QED) is 0.663. The molecule has 1 unspecified atom stereocenters. The molecule has 0 saturated carbocycles. The summed E-state index contributed by atoms with van der Waals surface area (Å²) in [6.07, 6.45) is 3.07. The SMILES string of the molecule is CCCNc1nc(C(CCC)OC)nc(C(C)C)c1I. The Morgan fingerprint density at radius 2 is 1.90 bits per heavy atom. The first-order valence-corrected chi connectivity index (χ1v) is 8.46. The zero-order valence-corrected chi connectivity index (χ0v) is 15.3. The summed E-state index contributed by atoms with van der Waals surface area (Å²) >= 11 is 2.34. The Bertz CT molecular complexity index is 424. The van der Waals surface area contributed by atoms with Crippen LogP contribution in [-0.4, -0.2) is 23.6 Å². The van der Waals surface area contributed by atoms with Gasteiger partial charge >= 0.3 is 0 Å². The molecule has 1 heterocycles. The molecule has 1 aromatic rings. The third-order valence-corrected chi connectivity index (χ3v) is 4.17. The molecule has 0 amide bonds. The van der Waals surface area contributed by atoms with E-state index in [9.17, 15) is 0 Å². The standard InChI is InChI=1S/C15H26IN3O/c1-6-8-11(20-5)14-18-13(10(3)4)12(16)15(19-14)17-9-7-2/h10-11H,6-9H2,1-5H3,(H,17,18,19). The fourth-order valence-corrected chi connectivity index (χ4v) is 3.04. The second kappa shape index (κ2) is 8.77. The lowest BCUT2D eigenvalue weighted by atomic mass is 10.1. The summed E-state index contributed by atoms with van der Waals surface area (Å²) in [4.78, 5) is 9.43. The summed E-state index contributed by atoms with van der Waals surface area (Å²) in [7, 11) is 1.73. The molecule has 1 atom stereocenters. The van der Waals surface area contributed by atoms with E-state index in [4.69, 9.17) is 9.72 Å². The molecule has 5 heteroatoms. The van der Waals surface area contributed by atoms with Crippen molar-refractivity contribution < 1.29 is 4.74 Å². The molecule has 0 aromatic carbocycles. The summed E-state index contributed by atoms with van der Waals surface area (Å²) in [6, 6.07) is 0. The van der Waals surface area contributed by atoms with Gasteiger partial charge in [-0.2, -0.15) is 0 Å². The Kier molecular flexibility index (Phi) is 7.72. The number of ether oxygens (including phenoxy) is 1. The van der Waals surface area contributed by atoms with E-state index >= 15 is 0 Å². The number of nitrogens with one attached hydrogen (secondary N) is 1. The first-order chi connectivity index (χ1) is 9.54. The van der Waals surface area contributed by atoms with Gasteiger partial charge in [0.25, 0.3) is 0 Å². The highest BCUT2D eigenvalue weighted by Gasteiger charge is 2.19. The lowest BCUT2D eigenvalue weighted by Crippen LogP contribution is -2.15. The summed E-state index contributed by atoms with van der Waals surface area (Å²) in [5, 5.41) is 3.41. The Hall–Kier alpha value is -0.430. The summed E-state index contributed by atoms with van der Waals surface area (Å²) < 4.78 is 6.68. The highest BCUT2D eigenvalue weighted by atomic mass is 127. The van der Waals surface area contributed by atoms with Crippen molar-refractivity contribution in [3.63, 3.8) is 0 Å². The van der Waals surface area contributed by atoms with Gasteiger partial charge in [0.05, 0.1) is 9.26 Å². The van der Waals surface area contributed by atoms with Crippen molar-refractivity contribution >= 4 is 28.4 Å². The van der Waals surface area contributed by atoms with Crippen LogP contribution in [0.3, 0.4) is 0 Å². The van der Waals surface area contributed by atoms with Gasteiger partial charge in [-0.15, -0.1) is 0 Å². The Labute approximate surface area is 136 Å². The number of aromatic nitrogens is 2. The van der Waals surface area contributed by atoms with Crippen molar-refractivity contribution in [3.8, 4) is 0 Å². The monoisotopic (exact) mass is 391 g/mol. The number of halogens is 1. The zero-order valence-electron chi connectivity index (χ0n) is 13.2. The van der Waals surface area contributed by atoms with Crippen LogP contribution < -0.4 is 5.32 Å². The smallest absolute Gasteiger partial charge is 0.159 e. The van der Waals surface area contributed by atoms with Gasteiger partial charge in [-0.1, -0.05) is 34.1 Å². The van der Waals surface area contributed by atoms with Crippen LogP contribution in [0.2, 0.25) is 0 Å². The molecule has 0 aliphatic carbocycles. The third-order valence-electron chi connectivity index (χ3n) is 3.11. The average Bonchev–Trinajstić information content (AvgIpc) is 2.43. The van der Waals surface area contributed by atoms with E-state index in [1.54, 1.807) is 7.11 Å². The van der Waals surface area contributed by atoms with Gasteiger partial charge < -0.3 is 10.1 Å².